The van der Waals surface area contributed by atoms with Gasteiger partial charge >= 0.3 is 0 Å². The molecule has 2 aromatic heterocycles. The largest absolute Gasteiger partial charge is 0.383 e. The second-order valence-electron chi connectivity index (χ2n) is 4.34. The first-order valence-corrected chi connectivity index (χ1v) is 7.95. The van der Waals surface area contributed by atoms with E-state index in [2.05, 4.69) is 9.97 Å². The molecule has 0 unspecified atom stereocenters. The third kappa shape index (κ3) is 1.91. The van der Waals surface area contributed by atoms with E-state index in [-0.39, 0.29) is 0 Å². The Kier molecular flexibility index (Phi) is 2.96. The molecule has 0 saturated heterocycles. The number of thiophene rings is 1. The minimum atomic E-state index is 0.666. The average Bonchev–Trinajstić information content (AvgIpc) is 2.52. The summed E-state index contributed by atoms with van der Waals surface area (Å²) < 4.78 is 0. The molecule has 0 aliphatic heterocycles. The number of anilines is 1. The molecule has 1 aliphatic rings. The maximum Gasteiger partial charge on any atom is 0.190 e. The van der Waals surface area contributed by atoms with Gasteiger partial charge in [0.2, 0.25) is 0 Å². The molecule has 2 heterocycles. The molecule has 1 aliphatic carbocycles. The van der Waals surface area contributed by atoms with Gasteiger partial charge < -0.3 is 5.73 Å². The van der Waals surface area contributed by atoms with Crippen molar-refractivity contribution < 1.29 is 0 Å². The van der Waals surface area contributed by atoms with Gasteiger partial charge in [0.25, 0.3) is 0 Å². The van der Waals surface area contributed by atoms with Crippen LogP contribution in [-0.2, 0) is 12.8 Å². The van der Waals surface area contributed by atoms with Crippen LogP contribution in [0.3, 0.4) is 0 Å². The molecule has 90 valence electrons. The molecule has 0 spiro atoms. The summed E-state index contributed by atoms with van der Waals surface area (Å²) in [5, 5.41) is 1.91. The monoisotopic (exact) mass is 265 g/mol. The highest BCUT2D eigenvalue weighted by Crippen LogP contribution is 2.37. The molecular weight excluding hydrogens is 250 g/mol. The Morgan fingerprint density at radius 3 is 2.82 bits per heavy atom. The molecular formula is C12H15N3S2. The molecule has 2 N–H and O–H groups in total. The van der Waals surface area contributed by atoms with Crippen molar-refractivity contribution in [2.24, 2.45) is 0 Å². The normalized spacial score (nSPS) is 15.8. The van der Waals surface area contributed by atoms with Crippen LogP contribution in [-0.4, -0.2) is 16.2 Å². The first kappa shape index (κ1) is 11.3. The molecule has 3 nitrogen and oxygen atoms in total. The zero-order valence-electron chi connectivity index (χ0n) is 9.82. The zero-order valence-corrected chi connectivity index (χ0v) is 11.5. The second kappa shape index (κ2) is 4.46. The Balaban J connectivity index is 2.24. The second-order valence-corrected chi connectivity index (χ2v) is 6.20. The molecule has 0 atom stereocenters. The third-order valence-electron chi connectivity index (χ3n) is 3.25. The van der Waals surface area contributed by atoms with Crippen molar-refractivity contribution in [2.45, 2.75) is 37.3 Å². The van der Waals surface area contributed by atoms with Crippen LogP contribution < -0.4 is 5.73 Å². The molecule has 3 rings (SSSR count). The summed E-state index contributed by atoms with van der Waals surface area (Å²) in [4.78, 5) is 11.5. The average molecular weight is 265 g/mol. The van der Waals surface area contributed by atoms with E-state index in [1.165, 1.54) is 36.1 Å². The number of aryl methyl sites for hydroxylation is 2. The van der Waals surface area contributed by atoms with E-state index in [1.807, 2.05) is 17.6 Å². The Morgan fingerprint density at radius 1 is 1.18 bits per heavy atom. The maximum absolute atomic E-state index is 6.09. The summed E-state index contributed by atoms with van der Waals surface area (Å²) in [6.45, 7) is 0. The Hall–Kier alpha value is -0.810. The fourth-order valence-corrected chi connectivity index (χ4v) is 4.13. The van der Waals surface area contributed by atoms with Gasteiger partial charge in [-0.1, -0.05) is 18.2 Å². The van der Waals surface area contributed by atoms with Crippen LogP contribution >= 0.6 is 23.1 Å². The van der Waals surface area contributed by atoms with Gasteiger partial charge in [-0.15, -0.1) is 11.3 Å². The molecule has 0 fully saturated rings. The smallest absolute Gasteiger partial charge is 0.190 e. The number of rotatable bonds is 1. The Labute approximate surface area is 109 Å². The molecule has 0 aromatic carbocycles. The van der Waals surface area contributed by atoms with Crippen molar-refractivity contribution in [3.8, 4) is 0 Å². The Morgan fingerprint density at radius 2 is 2.00 bits per heavy atom. The van der Waals surface area contributed by atoms with Gasteiger partial charge in [0.1, 0.15) is 10.6 Å². The molecule has 0 saturated carbocycles. The van der Waals surface area contributed by atoms with Gasteiger partial charge in [-0.2, -0.15) is 0 Å². The summed E-state index contributed by atoms with van der Waals surface area (Å²) in [7, 11) is 0. The number of nitrogens with two attached hydrogens (primary N) is 1. The van der Waals surface area contributed by atoms with Crippen LogP contribution in [0.5, 0.6) is 0 Å². The molecule has 0 bridgehead atoms. The molecule has 2 aromatic rings. The van der Waals surface area contributed by atoms with Crippen molar-refractivity contribution in [3.63, 3.8) is 0 Å². The van der Waals surface area contributed by atoms with Crippen molar-refractivity contribution >= 4 is 39.1 Å². The van der Waals surface area contributed by atoms with Gasteiger partial charge in [-0.05, 0) is 37.5 Å². The standard InChI is InChI=1S/C12H15N3S2/c1-16-12-14-10(13)9-7-5-3-2-4-6-8(7)17-11(9)15-12/h2-6H2,1H3,(H2,13,14,15). The fraction of sp³-hybridized carbons (Fsp3) is 0.500. The van der Waals surface area contributed by atoms with Crippen LogP contribution in [0, 0.1) is 0 Å². The molecule has 0 radical (unpaired) electrons. The van der Waals surface area contributed by atoms with Crippen LogP contribution in [0.15, 0.2) is 5.16 Å². The first-order valence-electron chi connectivity index (χ1n) is 5.91. The lowest BCUT2D eigenvalue weighted by atomic mass is 10.1. The predicted molar refractivity (Wildman–Crippen MR) is 74.9 cm³/mol. The number of hydrogen-bond donors (Lipinski definition) is 1. The third-order valence-corrected chi connectivity index (χ3v) is 4.99. The quantitative estimate of drug-likeness (QED) is 0.488. The van der Waals surface area contributed by atoms with Crippen molar-refractivity contribution in [1.82, 2.24) is 9.97 Å². The van der Waals surface area contributed by atoms with E-state index < -0.39 is 0 Å². The summed E-state index contributed by atoms with van der Waals surface area (Å²) in [6.07, 6.45) is 8.20. The van der Waals surface area contributed by atoms with Crippen LogP contribution in [0.25, 0.3) is 10.2 Å². The fourth-order valence-electron chi connectivity index (χ4n) is 2.43. The highest BCUT2D eigenvalue weighted by molar-refractivity contribution is 7.98. The lowest BCUT2D eigenvalue weighted by molar-refractivity contribution is 0.713. The van der Waals surface area contributed by atoms with Crippen molar-refractivity contribution in [2.75, 3.05) is 12.0 Å². The summed E-state index contributed by atoms with van der Waals surface area (Å²) in [6, 6.07) is 0. The van der Waals surface area contributed by atoms with Crippen LogP contribution in [0.2, 0.25) is 0 Å². The van der Waals surface area contributed by atoms with Gasteiger partial charge in [0.15, 0.2) is 5.16 Å². The van der Waals surface area contributed by atoms with Crippen LogP contribution in [0.1, 0.15) is 29.7 Å². The van der Waals surface area contributed by atoms with E-state index in [0.29, 0.717) is 5.82 Å². The van der Waals surface area contributed by atoms with E-state index in [4.69, 9.17) is 5.73 Å². The van der Waals surface area contributed by atoms with Crippen molar-refractivity contribution in [3.05, 3.63) is 10.4 Å². The molecule has 5 heteroatoms. The van der Waals surface area contributed by atoms with Gasteiger partial charge in [-0.25, -0.2) is 9.97 Å². The van der Waals surface area contributed by atoms with Gasteiger partial charge in [0, 0.05) is 4.88 Å². The number of nitrogen functional groups attached to an aromatic ring is 1. The maximum atomic E-state index is 6.09. The summed E-state index contributed by atoms with van der Waals surface area (Å²) >= 11 is 3.36. The summed E-state index contributed by atoms with van der Waals surface area (Å²) in [5.74, 6) is 0.666. The minimum Gasteiger partial charge on any atom is -0.383 e. The van der Waals surface area contributed by atoms with Gasteiger partial charge in [0.05, 0.1) is 5.39 Å². The van der Waals surface area contributed by atoms with Crippen LogP contribution in [0.4, 0.5) is 5.82 Å². The first-order chi connectivity index (χ1) is 8.29. The van der Waals surface area contributed by atoms with E-state index in [0.717, 1.165) is 21.8 Å². The lowest BCUT2D eigenvalue weighted by Gasteiger charge is -2.02. The number of thioether (sulfide) groups is 1. The highest BCUT2D eigenvalue weighted by Gasteiger charge is 2.18. The topological polar surface area (TPSA) is 51.8 Å². The predicted octanol–water partition coefficient (Wildman–Crippen LogP) is 3.26. The number of hydrogen-bond acceptors (Lipinski definition) is 5. The SMILES string of the molecule is CSc1nc(N)c2c3c(sc2n1)CCCCC3. The van der Waals surface area contributed by atoms with E-state index in [1.54, 1.807) is 11.8 Å². The highest BCUT2D eigenvalue weighted by atomic mass is 32.2. The number of fused-ring (bicyclic) bond motifs is 3. The Bertz CT molecular complexity index is 562. The zero-order chi connectivity index (χ0) is 11.8. The number of nitrogens with zero attached hydrogens (tertiary/aromatic N) is 2. The van der Waals surface area contributed by atoms with Gasteiger partial charge in [-0.3, -0.25) is 0 Å². The summed E-state index contributed by atoms with van der Waals surface area (Å²) in [5.41, 5.74) is 7.52. The lowest BCUT2D eigenvalue weighted by Crippen LogP contribution is -1.96. The number of aromatic nitrogens is 2. The molecule has 0 amide bonds. The van der Waals surface area contributed by atoms with Crippen molar-refractivity contribution in [1.29, 1.82) is 0 Å². The van der Waals surface area contributed by atoms with E-state index >= 15 is 0 Å². The minimum absolute atomic E-state index is 0.666. The molecule has 17 heavy (non-hydrogen) atoms. The van der Waals surface area contributed by atoms with E-state index in [9.17, 15) is 0 Å².